The SMILES string of the molecule is Cc1ccc(C(=O)N(c2cccc3cccnc23)C2CCC2)cc1C#N. The highest BCUT2D eigenvalue weighted by Gasteiger charge is 2.32. The number of nitriles is 1. The van der Waals surface area contributed by atoms with Gasteiger partial charge in [0.05, 0.1) is 22.8 Å². The smallest absolute Gasteiger partial charge is 0.258 e. The number of hydrogen-bond acceptors (Lipinski definition) is 3. The zero-order valence-electron chi connectivity index (χ0n) is 14.6. The first kappa shape index (κ1) is 16.3. The number of aromatic nitrogens is 1. The zero-order valence-corrected chi connectivity index (χ0v) is 14.6. The Labute approximate surface area is 152 Å². The highest BCUT2D eigenvalue weighted by Crippen LogP contribution is 2.34. The molecule has 26 heavy (non-hydrogen) atoms. The zero-order chi connectivity index (χ0) is 18.1. The third-order valence-corrected chi connectivity index (χ3v) is 5.13. The lowest BCUT2D eigenvalue weighted by Gasteiger charge is -2.38. The molecule has 1 heterocycles. The van der Waals surface area contributed by atoms with E-state index >= 15 is 0 Å². The van der Waals surface area contributed by atoms with Crippen LogP contribution in [0, 0.1) is 18.3 Å². The molecule has 3 aromatic rings. The van der Waals surface area contributed by atoms with E-state index in [1.165, 1.54) is 0 Å². The Morgan fingerprint density at radius 1 is 1.19 bits per heavy atom. The number of para-hydroxylation sites is 1. The van der Waals surface area contributed by atoms with Gasteiger partial charge in [-0.05, 0) is 56.0 Å². The fourth-order valence-electron chi connectivity index (χ4n) is 3.41. The second-order valence-electron chi connectivity index (χ2n) is 6.75. The van der Waals surface area contributed by atoms with Gasteiger partial charge in [0.15, 0.2) is 0 Å². The second kappa shape index (κ2) is 6.61. The van der Waals surface area contributed by atoms with Crippen molar-refractivity contribution in [3.8, 4) is 6.07 Å². The maximum Gasteiger partial charge on any atom is 0.258 e. The Bertz CT molecular complexity index is 1030. The molecule has 1 saturated carbocycles. The quantitative estimate of drug-likeness (QED) is 0.699. The summed E-state index contributed by atoms with van der Waals surface area (Å²) in [5.41, 5.74) is 3.65. The molecular weight excluding hydrogens is 322 g/mol. The number of anilines is 1. The van der Waals surface area contributed by atoms with Crippen LogP contribution in [-0.4, -0.2) is 16.9 Å². The van der Waals surface area contributed by atoms with E-state index < -0.39 is 0 Å². The van der Waals surface area contributed by atoms with Crippen LogP contribution in [0.1, 0.15) is 40.7 Å². The molecule has 0 spiro atoms. The number of amides is 1. The normalized spacial score (nSPS) is 13.8. The molecule has 0 aliphatic heterocycles. The largest absolute Gasteiger partial charge is 0.303 e. The van der Waals surface area contributed by atoms with Crippen LogP contribution in [-0.2, 0) is 0 Å². The number of benzene rings is 2. The molecule has 0 N–H and O–H groups in total. The van der Waals surface area contributed by atoms with Crippen LogP contribution in [0.5, 0.6) is 0 Å². The number of pyridine rings is 1. The van der Waals surface area contributed by atoms with Crippen molar-refractivity contribution >= 4 is 22.5 Å². The number of nitrogens with zero attached hydrogens (tertiary/aromatic N) is 3. The van der Waals surface area contributed by atoms with Crippen LogP contribution >= 0.6 is 0 Å². The molecule has 2 aromatic carbocycles. The minimum absolute atomic E-state index is 0.0654. The van der Waals surface area contributed by atoms with Gasteiger partial charge in [0, 0.05) is 23.2 Å². The van der Waals surface area contributed by atoms with Crippen molar-refractivity contribution in [1.82, 2.24) is 4.98 Å². The Hall–Kier alpha value is -3.19. The molecule has 1 amide bonds. The predicted molar refractivity (Wildman–Crippen MR) is 102 cm³/mol. The van der Waals surface area contributed by atoms with Gasteiger partial charge in [-0.1, -0.05) is 24.3 Å². The topological polar surface area (TPSA) is 57.0 Å². The van der Waals surface area contributed by atoms with Crippen molar-refractivity contribution in [3.63, 3.8) is 0 Å². The van der Waals surface area contributed by atoms with Crippen molar-refractivity contribution in [2.24, 2.45) is 0 Å². The summed E-state index contributed by atoms with van der Waals surface area (Å²) in [4.78, 5) is 19.8. The Balaban J connectivity index is 1.83. The van der Waals surface area contributed by atoms with Crippen LogP contribution in [0.3, 0.4) is 0 Å². The van der Waals surface area contributed by atoms with Gasteiger partial charge in [-0.25, -0.2) is 0 Å². The standard InChI is InChI=1S/C22H19N3O/c1-15-10-11-17(13-18(15)14-23)22(26)25(19-7-3-8-19)20-9-2-5-16-6-4-12-24-21(16)20/h2,4-6,9-13,19H,3,7-8H2,1H3. The first-order valence-electron chi connectivity index (χ1n) is 8.87. The molecule has 4 rings (SSSR count). The van der Waals surface area contributed by atoms with Crippen LogP contribution in [0.4, 0.5) is 5.69 Å². The molecule has 4 heteroatoms. The van der Waals surface area contributed by atoms with E-state index in [1.54, 1.807) is 12.3 Å². The maximum atomic E-state index is 13.4. The second-order valence-corrected chi connectivity index (χ2v) is 6.75. The number of carbonyl (C=O) groups excluding carboxylic acids is 1. The number of carbonyl (C=O) groups is 1. The average Bonchev–Trinajstić information content (AvgIpc) is 2.64. The molecular formula is C22H19N3O. The summed E-state index contributed by atoms with van der Waals surface area (Å²) >= 11 is 0. The Morgan fingerprint density at radius 2 is 2.00 bits per heavy atom. The minimum Gasteiger partial charge on any atom is -0.303 e. The van der Waals surface area contributed by atoms with Crippen molar-refractivity contribution < 1.29 is 4.79 Å². The summed E-state index contributed by atoms with van der Waals surface area (Å²) < 4.78 is 0. The number of rotatable bonds is 3. The third kappa shape index (κ3) is 2.72. The first-order chi connectivity index (χ1) is 12.7. The van der Waals surface area contributed by atoms with Gasteiger partial charge in [-0.15, -0.1) is 0 Å². The van der Waals surface area contributed by atoms with Gasteiger partial charge in [0.2, 0.25) is 0 Å². The van der Waals surface area contributed by atoms with Crippen molar-refractivity contribution in [2.75, 3.05) is 4.90 Å². The first-order valence-corrected chi connectivity index (χ1v) is 8.87. The molecule has 1 fully saturated rings. The molecule has 128 valence electrons. The van der Waals surface area contributed by atoms with Crippen molar-refractivity contribution in [1.29, 1.82) is 5.26 Å². The molecule has 0 saturated heterocycles. The van der Waals surface area contributed by atoms with Crippen LogP contribution < -0.4 is 4.90 Å². The monoisotopic (exact) mass is 341 g/mol. The Morgan fingerprint density at radius 3 is 2.73 bits per heavy atom. The third-order valence-electron chi connectivity index (χ3n) is 5.13. The highest BCUT2D eigenvalue weighted by atomic mass is 16.2. The number of fused-ring (bicyclic) bond motifs is 1. The van der Waals surface area contributed by atoms with Gasteiger partial charge in [-0.2, -0.15) is 5.26 Å². The lowest BCUT2D eigenvalue weighted by Crippen LogP contribution is -2.44. The molecule has 4 nitrogen and oxygen atoms in total. The molecule has 1 aliphatic carbocycles. The summed E-state index contributed by atoms with van der Waals surface area (Å²) in [7, 11) is 0. The van der Waals surface area contributed by atoms with Crippen LogP contribution in [0.25, 0.3) is 10.9 Å². The average molecular weight is 341 g/mol. The maximum absolute atomic E-state index is 13.4. The fourth-order valence-corrected chi connectivity index (χ4v) is 3.41. The number of aryl methyl sites for hydroxylation is 1. The lowest BCUT2D eigenvalue weighted by atomic mass is 9.90. The highest BCUT2D eigenvalue weighted by molar-refractivity contribution is 6.10. The Kier molecular flexibility index (Phi) is 4.14. The predicted octanol–water partition coefficient (Wildman–Crippen LogP) is 4.61. The summed E-state index contributed by atoms with van der Waals surface area (Å²) in [6, 6.07) is 17.6. The molecule has 0 radical (unpaired) electrons. The molecule has 1 aliphatic rings. The number of hydrogen-bond donors (Lipinski definition) is 0. The van der Waals surface area contributed by atoms with Crippen LogP contribution in [0.2, 0.25) is 0 Å². The van der Waals surface area contributed by atoms with Gasteiger partial charge in [0.25, 0.3) is 5.91 Å². The van der Waals surface area contributed by atoms with E-state index in [4.69, 9.17) is 0 Å². The van der Waals surface area contributed by atoms with E-state index in [2.05, 4.69) is 11.1 Å². The minimum atomic E-state index is -0.0654. The van der Waals surface area contributed by atoms with Gasteiger partial charge in [-0.3, -0.25) is 9.78 Å². The summed E-state index contributed by atoms with van der Waals surface area (Å²) in [6.07, 6.45) is 4.87. The fraction of sp³-hybridized carbons (Fsp3) is 0.227. The van der Waals surface area contributed by atoms with E-state index in [-0.39, 0.29) is 11.9 Å². The lowest BCUT2D eigenvalue weighted by molar-refractivity contribution is 0.0964. The molecule has 0 unspecified atom stereocenters. The van der Waals surface area contributed by atoms with E-state index in [1.807, 2.05) is 54.3 Å². The summed E-state index contributed by atoms with van der Waals surface area (Å²) in [5.74, 6) is -0.0654. The molecule has 1 aromatic heterocycles. The van der Waals surface area contributed by atoms with E-state index in [0.29, 0.717) is 11.1 Å². The van der Waals surface area contributed by atoms with Gasteiger partial charge >= 0.3 is 0 Å². The van der Waals surface area contributed by atoms with Crippen molar-refractivity contribution in [2.45, 2.75) is 32.2 Å². The summed E-state index contributed by atoms with van der Waals surface area (Å²) in [6.45, 7) is 1.88. The summed E-state index contributed by atoms with van der Waals surface area (Å²) in [5, 5.41) is 10.3. The van der Waals surface area contributed by atoms with E-state index in [0.717, 1.165) is 41.4 Å². The van der Waals surface area contributed by atoms with Crippen molar-refractivity contribution in [3.05, 3.63) is 71.4 Å². The van der Waals surface area contributed by atoms with Crippen LogP contribution in [0.15, 0.2) is 54.7 Å². The molecule has 0 atom stereocenters. The molecule has 0 bridgehead atoms. The van der Waals surface area contributed by atoms with E-state index in [9.17, 15) is 10.1 Å². The van der Waals surface area contributed by atoms with Gasteiger partial charge < -0.3 is 4.90 Å². The van der Waals surface area contributed by atoms with Gasteiger partial charge in [0.1, 0.15) is 0 Å².